The smallest absolute Gasteiger partial charge is 0.253 e. The quantitative estimate of drug-likeness (QED) is 0.818. The summed E-state index contributed by atoms with van der Waals surface area (Å²) in [5, 5.41) is 0. The highest BCUT2D eigenvalue weighted by Gasteiger charge is 2.33. The van der Waals surface area contributed by atoms with Crippen LogP contribution in [0.15, 0.2) is 24.3 Å². The molecule has 0 unspecified atom stereocenters. The van der Waals surface area contributed by atoms with Crippen LogP contribution >= 0.6 is 0 Å². The second kappa shape index (κ2) is 8.65. The van der Waals surface area contributed by atoms with Crippen LogP contribution in [0.2, 0.25) is 0 Å². The minimum Gasteiger partial charge on any atom is -0.340 e. The third-order valence-corrected chi connectivity index (χ3v) is 5.84. The number of nitrogens with zero attached hydrogens (tertiary/aromatic N) is 2. The second-order valence-electron chi connectivity index (χ2n) is 7.49. The molecule has 1 saturated carbocycles. The van der Waals surface area contributed by atoms with Gasteiger partial charge < -0.3 is 9.80 Å². The van der Waals surface area contributed by atoms with Crippen LogP contribution in [0.4, 0.5) is 4.39 Å². The van der Waals surface area contributed by atoms with Gasteiger partial charge in [-0.2, -0.15) is 0 Å². The normalized spacial score (nSPS) is 19.4. The average molecular weight is 360 g/mol. The lowest BCUT2D eigenvalue weighted by molar-refractivity contribution is -0.139. The molecule has 0 aromatic heterocycles. The van der Waals surface area contributed by atoms with Crippen molar-refractivity contribution in [2.75, 3.05) is 19.6 Å². The van der Waals surface area contributed by atoms with Gasteiger partial charge in [-0.25, -0.2) is 4.39 Å². The first-order valence-corrected chi connectivity index (χ1v) is 9.95. The van der Waals surface area contributed by atoms with Crippen molar-refractivity contribution in [3.05, 3.63) is 35.6 Å². The number of halogens is 1. The summed E-state index contributed by atoms with van der Waals surface area (Å²) in [5.74, 6) is -0.271. The average Bonchev–Trinajstić information content (AvgIpc) is 2.69. The molecule has 0 N–H and O–H groups in total. The fourth-order valence-electron chi connectivity index (χ4n) is 4.35. The van der Waals surface area contributed by atoms with E-state index in [4.69, 9.17) is 0 Å². The molecule has 2 fully saturated rings. The Morgan fingerprint density at radius 3 is 2.42 bits per heavy atom. The van der Waals surface area contributed by atoms with Gasteiger partial charge in [-0.1, -0.05) is 25.3 Å². The molecule has 1 aromatic rings. The molecule has 1 aromatic carbocycles. The zero-order valence-electron chi connectivity index (χ0n) is 15.6. The van der Waals surface area contributed by atoms with Crippen molar-refractivity contribution in [3.63, 3.8) is 0 Å². The van der Waals surface area contributed by atoms with Crippen LogP contribution in [0.25, 0.3) is 0 Å². The molecule has 142 valence electrons. The molecular weight excluding hydrogens is 331 g/mol. The van der Waals surface area contributed by atoms with E-state index in [1.165, 1.54) is 31.4 Å². The number of piperidine rings is 1. The molecule has 5 heteroatoms. The molecule has 2 aliphatic rings. The standard InChI is InChI=1S/C21H29FN2O2/c1-2-24(19-9-4-3-5-10-19)21(26)16-11-13-23(14-12-16)20(25)17-7-6-8-18(22)15-17/h6-8,15-16,19H,2-5,9-14H2,1H3. The van der Waals surface area contributed by atoms with Crippen molar-refractivity contribution in [3.8, 4) is 0 Å². The number of likely N-dealkylation sites (tertiary alicyclic amines) is 1. The summed E-state index contributed by atoms with van der Waals surface area (Å²) >= 11 is 0. The fourth-order valence-corrected chi connectivity index (χ4v) is 4.35. The molecule has 0 spiro atoms. The van der Waals surface area contributed by atoms with Gasteiger partial charge in [0.2, 0.25) is 5.91 Å². The Labute approximate surface area is 155 Å². The minimum absolute atomic E-state index is 0.00781. The summed E-state index contributed by atoms with van der Waals surface area (Å²) in [5.41, 5.74) is 0.382. The first kappa shape index (κ1) is 18.9. The highest BCUT2D eigenvalue weighted by atomic mass is 19.1. The first-order valence-electron chi connectivity index (χ1n) is 9.95. The molecule has 2 amide bonds. The molecule has 1 aliphatic carbocycles. The van der Waals surface area contributed by atoms with E-state index in [9.17, 15) is 14.0 Å². The molecule has 0 radical (unpaired) electrons. The fraction of sp³-hybridized carbons (Fsp3) is 0.619. The Hall–Kier alpha value is -1.91. The summed E-state index contributed by atoms with van der Waals surface area (Å²) in [6.45, 7) is 3.96. The number of hydrogen-bond donors (Lipinski definition) is 0. The van der Waals surface area contributed by atoms with Crippen LogP contribution in [-0.4, -0.2) is 47.3 Å². The zero-order chi connectivity index (χ0) is 18.5. The summed E-state index contributed by atoms with van der Waals surface area (Å²) in [7, 11) is 0. The van der Waals surface area contributed by atoms with E-state index in [1.54, 1.807) is 17.0 Å². The van der Waals surface area contributed by atoms with Gasteiger partial charge in [-0.3, -0.25) is 9.59 Å². The van der Waals surface area contributed by atoms with Crippen molar-refractivity contribution in [1.82, 2.24) is 9.80 Å². The van der Waals surface area contributed by atoms with E-state index in [2.05, 4.69) is 11.8 Å². The number of carbonyl (C=O) groups excluding carboxylic acids is 2. The number of benzene rings is 1. The van der Waals surface area contributed by atoms with Crippen LogP contribution in [0.5, 0.6) is 0 Å². The topological polar surface area (TPSA) is 40.6 Å². The van der Waals surface area contributed by atoms with E-state index < -0.39 is 5.82 Å². The Morgan fingerprint density at radius 2 is 1.81 bits per heavy atom. The summed E-state index contributed by atoms with van der Waals surface area (Å²) in [6, 6.07) is 6.22. The lowest BCUT2D eigenvalue weighted by Gasteiger charge is -2.38. The maximum absolute atomic E-state index is 13.3. The molecule has 1 saturated heterocycles. The molecule has 1 heterocycles. The Balaban J connectivity index is 1.57. The van der Waals surface area contributed by atoms with Crippen molar-refractivity contribution < 1.29 is 14.0 Å². The van der Waals surface area contributed by atoms with Gasteiger partial charge in [-0.15, -0.1) is 0 Å². The van der Waals surface area contributed by atoms with Gasteiger partial charge in [0.05, 0.1) is 0 Å². The number of carbonyl (C=O) groups is 2. The summed E-state index contributed by atoms with van der Waals surface area (Å²) in [6.07, 6.45) is 7.35. The van der Waals surface area contributed by atoms with Gasteiger partial charge in [0.25, 0.3) is 5.91 Å². The van der Waals surface area contributed by atoms with Gasteiger partial charge in [0, 0.05) is 37.2 Å². The van der Waals surface area contributed by atoms with Crippen LogP contribution in [0, 0.1) is 11.7 Å². The van der Waals surface area contributed by atoms with Gasteiger partial charge in [-0.05, 0) is 50.8 Å². The van der Waals surface area contributed by atoms with Crippen molar-refractivity contribution in [2.24, 2.45) is 5.92 Å². The lowest BCUT2D eigenvalue weighted by Crippen LogP contribution is -2.48. The number of hydrogen-bond acceptors (Lipinski definition) is 2. The minimum atomic E-state index is -0.396. The van der Waals surface area contributed by atoms with Crippen molar-refractivity contribution in [2.45, 2.75) is 57.9 Å². The third-order valence-electron chi connectivity index (χ3n) is 5.84. The number of amides is 2. The molecule has 4 nitrogen and oxygen atoms in total. The Bertz CT molecular complexity index is 635. The monoisotopic (exact) mass is 360 g/mol. The van der Waals surface area contributed by atoms with Gasteiger partial charge in [0.15, 0.2) is 0 Å². The largest absolute Gasteiger partial charge is 0.340 e. The Morgan fingerprint density at radius 1 is 1.12 bits per heavy atom. The van der Waals surface area contributed by atoms with Crippen LogP contribution < -0.4 is 0 Å². The van der Waals surface area contributed by atoms with Crippen LogP contribution in [0.1, 0.15) is 62.2 Å². The SMILES string of the molecule is CCN(C(=O)C1CCN(C(=O)c2cccc(F)c2)CC1)C1CCCCC1. The highest BCUT2D eigenvalue weighted by Crippen LogP contribution is 2.27. The molecule has 0 bridgehead atoms. The number of rotatable bonds is 4. The maximum Gasteiger partial charge on any atom is 0.253 e. The Kier molecular flexibility index (Phi) is 6.28. The van der Waals surface area contributed by atoms with E-state index >= 15 is 0 Å². The maximum atomic E-state index is 13.3. The van der Waals surface area contributed by atoms with Crippen LogP contribution in [0.3, 0.4) is 0 Å². The van der Waals surface area contributed by atoms with Crippen LogP contribution in [-0.2, 0) is 4.79 Å². The molecule has 0 atom stereocenters. The summed E-state index contributed by atoms with van der Waals surface area (Å²) < 4.78 is 13.3. The van der Waals surface area contributed by atoms with E-state index in [1.807, 2.05) is 0 Å². The molecule has 26 heavy (non-hydrogen) atoms. The third kappa shape index (κ3) is 4.25. The van der Waals surface area contributed by atoms with E-state index in [-0.39, 0.29) is 17.7 Å². The lowest BCUT2D eigenvalue weighted by atomic mass is 9.90. The first-order chi connectivity index (χ1) is 12.6. The highest BCUT2D eigenvalue weighted by molar-refractivity contribution is 5.94. The van der Waals surface area contributed by atoms with Crippen molar-refractivity contribution >= 4 is 11.8 Å². The molecule has 1 aliphatic heterocycles. The second-order valence-corrected chi connectivity index (χ2v) is 7.49. The summed E-state index contributed by atoms with van der Waals surface area (Å²) in [4.78, 5) is 29.3. The van der Waals surface area contributed by atoms with E-state index in [0.717, 1.165) is 19.4 Å². The molecular formula is C21H29FN2O2. The van der Waals surface area contributed by atoms with Crippen molar-refractivity contribution in [1.29, 1.82) is 0 Å². The predicted molar refractivity (Wildman–Crippen MR) is 99.3 cm³/mol. The van der Waals surface area contributed by atoms with Gasteiger partial charge in [0.1, 0.15) is 5.82 Å². The molecule has 3 rings (SSSR count). The van der Waals surface area contributed by atoms with E-state index in [0.29, 0.717) is 37.5 Å². The predicted octanol–water partition coefficient (Wildman–Crippen LogP) is 3.86. The zero-order valence-corrected chi connectivity index (χ0v) is 15.6. The van der Waals surface area contributed by atoms with Gasteiger partial charge >= 0.3 is 0 Å².